The Hall–Kier alpha value is -2.26. The molecule has 0 saturated heterocycles. The van der Waals surface area contributed by atoms with Crippen molar-refractivity contribution in [2.75, 3.05) is 0 Å². The number of hydrogen-bond donors (Lipinski definition) is 0. The fourth-order valence-electron chi connectivity index (χ4n) is 2.15. The van der Waals surface area contributed by atoms with Gasteiger partial charge in [0.2, 0.25) is 0 Å². The van der Waals surface area contributed by atoms with Gasteiger partial charge in [-0.2, -0.15) is 26.3 Å². The molecule has 126 valence electrons. The van der Waals surface area contributed by atoms with Crippen LogP contribution in [0, 0.1) is 5.92 Å². The zero-order valence-electron chi connectivity index (χ0n) is 11.3. The first kappa shape index (κ1) is 17.1. The van der Waals surface area contributed by atoms with Crippen LogP contribution < -0.4 is 5.11 Å². The Balaban J connectivity index is 2.49. The van der Waals surface area contributed by atoms with Crippen LogP contribution in [0.5, 0.6) is 0 Å². The molecule has 1 heterocycles. The summed E-state index contributed by atoms with van der Waals surface area (Å²) in [6, 6.07) is 0.929. The molecule has 4 nitrogen and oxygen atoms in total. The van der Waals surface area contributed by atoms with E-state index in [4.69, 9.17) is 4.84 Å². The molecule has 0 saturated carbocycles. The summed E-state index contributed by atoms with van der Waals surface area (Å²) in [5, 5.41) is 13.9. The molecule has 2 atom stereocenters. The van der Waals surface area contributed by atoms with Crippen molar-refractivity contribution in [3.8, 4) is 0 Å². The molecule has 0 aliphatic carbocycles. The molecule has 0 radical (unpaired) electrons. The number of aliphatic carboxylic acids is 1. The summed E-state index contributed by atoms with van der Waals surface area (Å²) >= 11 is 0. The lowest BCUT2D eigenvalue weighted by Crippen LogP contribution is -2.35. The molecule has 0 aromatic heterocycles. The van der Waals surface area contributed by atoms with Gasteiger partial charge in [0.05, 0.1) is 17.1 Å². The normalized spacial score (nSPS) is 21.8. The first-order valence-corrected chi connectivity index (χ1v) is 6.15. The number of carboxylic acids is 1. The average molecular weight is 340 g/mol. The molecule has 1 aromatic rings. The van der Waals surface area contributed by atoms with Crippen molar-refractivity contribution in [1.82, 2.24) is 0 Å². The van der Waals surface area contributed by atoms with Crippen molar-refractivity contribution in [3.63, 3.8) is 0 Å². The van der Waals surface area contributed by atoms with Gasteiger partial charge < -0.3 is 14.7 Å². The highest BCUT2D eigenvalue weighted by Crippen LogP contribution is 2.40. The Bertz CT molecular complexity index is 632. The third-order valence-electron chi connectivity index (χ3n) is 3.30. The van der Waals surface area contributed by atoms with Crippen molar-refractivity contribution in [3.05, 3.63) is 34.9 Å². The van der Waals surface area contributed by atoms with E-state index in [-0.39, 0.29) is 6.07 Å². The van der Waals surface area contributed by atoms with Crippen molar-refractivity contribution < 1.29 is 41.1 Å². The van der Waals surface area contributed by atoms with E-state index in [1.165, 1.54) is 6.92 Å². The third kappa shape index (κ3) is 3.40. The number of carbonyl (C=O) groups is 1. The highest BCUT2D eigenvalue weighted by atomic mass is 19.4. The van der Waals surface area contributed by atoms with E-state index in [0.717, 1.165) is 0 Å². The number of carbonyl (C=O) groups excluding carboxylic acids is 1. The SMILES string of the molecule is CC1C(C(=O)[O-])=NOC1c1cc(C(F)(F)F)cc(C(F)(F)F)c1. The van der Waals surface area contributed by atoms with Gasteiger partial charge in [0, 0.05) is 5.92 Å². The van der Waals surface area contributed by atoms with Gasteiger partial charge >= 0.3 is 12.4 Å². The number of hydrogen-bond acceptors (Lipinski definition) is 4. The molecule has 10 heteroatoms. The predicted molar refractivity (Wildman–Crippen MR) is 61.9 cm³/mol. The van der Waals surface area contributed by atoms with E-state index in [9.17, 15) is 36.2 Å². The summed E-state index contributed by atoms with van der Waals surface area (Å²) in [6.45, 7) is 1.25. The largest absolute Gasteiger partial charge is 0.543 e. The Morgan fingerprint density at radius 1 is 1.09 bits per heavy atom. The Labute approximate surface area is 125 Å². The van der Waals surface area contributed by atoms with Gasteiger partial charge in [-0.1, -0.05) is 12.1 Å². The second-order valence-electron chi connectivity index (χ2n) is 4.92. The molecule has 0 fully saturated rings. The molecule has 0 spiro atoms. The third-order valence-corrected chi connectivity index (χ3v) is 3.30. The summed E-state index contributed by atoms with van der Waals surface area (Å²) in [4.78, 5) is 15.5. The van der Waals surface area contributed by atoms with Crippen LogP contribution in [-0.4, -0.2) is 11.7 Å². The highest BCUT2D eigenvalue weighted by Gasteiger charge is 2.40. The molecule has 0 amide bonds. The van der Waals surface area contributed by atoms with Crippen LogP contribution in [0.4, 0.5) is 26.3 Å². The first-order valence-electron chi connectivity index (χ1n) is 6.15. The van der Waals surface area contributed by atoms with Crippen molar-refractivity contribution in [1.29, 1.82) is 0 Å². The fourth-order valence-corrected chi connectivity index (χ4v) is 2.15. The zero-order valence-corrected chi connectivity index (χ0v) is 11.3. The van der Waals surface area contributed by atoms with Crippen LogP contribution in [0.3, 0.4) is 0 Å². The minimum Gasteiger partial charge on any atom is -0.543 e. The van der Waals surface area contributed by atoms with Gasteiger partial charge in [0.25, 0.3) is 0 Å². The molecule has 1 aromatic carbocycles. The van der Waals surface area contributed by atoms with Gasteiger partial charge in [0.15, 0.2) is 6.10 Å². The zero-order chi connectivity index (χ0) is 17.6. The maximum absolute atomic E-state index is 12.8. The Morgan fingerprint density at radius 2 is 1.57 bits per heavy atom. The summed E-state index contributed by atoms with van der Waals surface area (Å²) in [6.07, 6.45) is -11.4. The number of oxime groups is 1. The van der Waals surface area contributed by atoms with Crippen molar-refractivity contribution >= 4 is 11.7 Å². The Kier molecular flexibility index (Phi) is 4.03. The molecule has 1 aliphatic rings. The van der Waals surface area contributed by atoms with Crippen LogP contribution in [-0.2, 0) is 22.0 Å². The summed E-state index contributed by atoms with van der Waals surface area (Å²) < 4.78 is 76.7. The predicted octanol–water partition coefficient (Wildman–Crippen LogP) is 2.54. The molecule has 2 unspecified atom stereocenters. The van der Waals surface area contributed by atoms with Gasteiger partial charge in [-0.25, -0.2) is 0 Å². The standard InChI is InChI=1S/C13H9F6NO3/c1-5-9(11(21)22)20-23-10(5)6-2-7(12(14,15)16)4-8(3-6)13(17,18)19/h2-5,10H,1H3,(H,21,22)/p-1. The van der Waals surface area contributed by atoms with E-state index in [0.29, 0.717) is 12.1 Å². The van der Waals surface area contributed by atoms with Crippen LogP contribution >= 0.6 is 0 Å². The minimum absolute atomic E-state index is 0.0242. The van der Waals surface area contributed by atoms with Gasteiger partial charge in [-0.15, -0.1) is 0 Å². The summed E-state index contributed by atoms with van der Waals surface area (Å²) in [5.74, 6) is -2.77. The van der Waals surface area contributed by atoms with Crippen molar-refractivity contribution in [2.45, 2.75) is 25.4 Å². The summed E-state index contributed by atoms with van der Waals surface area (Å²) in [5.41, 5.74) is -4.08. The number of alkyl halides is 6. The van der Waals surface area contributed by atoms with Crippen LogP contribution in [0.15, 0.2) is 23.4 Å². The summed E-state index contributed by atoms with van der Waals surface area (Å²) in [7, 11) is 0. The molecule has 0 N–H and O–H groups in total. The van der Waals surface area contributed by atoms with E-state index in [1.807, 2.05) is 0 Å². The lowest BCUT2D eigenvalue weighted by Gasteiger charge is -2.19. The number of halogens is 6. The van der Waals surface area contributed by atoms with E-state index < -0.39 is 52.7 Å². The first-order chi connectivity index (χ1) is 10.4. The molecule has 1 aliphatic heterocycles. The monoisotopic (exact) mass is 340 g/mol. The molecular weight excluding hydrogens is 332 g/mol. The van der Waals surface area contributed by atoms with E-state index >= 15 is 0 Å². The van der Waals surface area contributed by atoms with Gasteiger partial charge in [-0.05, 0) is 23.8 Å². The molecule has 0 bridgehead atoms. The molecule has 2 rings (SSSR count). The van der Waals surface area contributed by atoms with Crippen LogP contribution in [0.2, 0.25) is 0 Å². The highest BCUT2D eigenvalue weighted by molar-refractivity contribution is 6.35. The van der Waals surface area contributed by atoms with E-state index in [2.05, 4.69) is 5.16 Å². The van der Waals surface area contributed by atoms with Crippen molar-refractivity contribution in [2.24, 2.45) is 11.1 Å². The number of rotatable bonds is 2. The average Bonchev–Trinajstić information content (AvgIpc) is 2.78. The second kappa shape index (κ2) is 5.43. The smallest absolute Gasteiger partial charge is 0.416 e. The van der Waals surface area contributed by atoms with E-state index in [1.54, 1.807) is 0 Å². The van der Waals surface area contributed by atoms with Gasteiger partial charge in [-0.3, -0.25) is 0 Å². The van der Waals surface area contributed by atoms with Crippen LogP contribution in [0.25, 0.3) is 0 Å². The number of nitrogens with zero attached hydrogens (tertiary/aromatic N) is 1. The topological polar surface area (TPSA) is 61.7 Å². The maximum Gasteiger partial charge on any atom is 0.416 e. The van der Waals surface area contributed by atoms with Gasteiger partial charge in [0.1, 0.15) is 5.71 Å². The lowest BCUT2D eigenvalue weighted by molar-refractivity contribution is -0.294. The number of benzene rings is 1. The van der Waals surface area contributed by atoms with Crippen LogP contribution in [0.1, 0.15) is 29.7 Å². The maximum atomic E-state index is 12.8. The number of carboxylic acid groups (broad SMARTS) is 1. The molecular formula is C13H8F6NO3-. The Morgan fingerprint density at radius 3 is 1.91 bits per heavy atom. The molecule has 23 heavy (non-hydrogen) atoms. The fraction of sp³-hybridized carbons (Fsp3) is 0.385. The minimum atomic E-state index is -5.00. The second-order valence-corrected chi connectivity index (χ2v) is 4.92. The quantitative estimate of drug-likeness (QED) is 0.778. The lowest BCUT2D eigenvalue weighted by atomic mass is 9.91.